The van der Waals surface area contributed by atoms with Crippen LogP contribution in [0.2, 0.25) is 0 Å². The molecule has 0 bridgehead atoms. The van der Waals surface area contributed by atoms with Crippen LogP contribution in [0.5, 0.6) is 0 Å². The molecule has 2 N–H and O–H groups in total. The topological polar surface area (TPSA) is 78.6 Å². The second-order valence-electron chi connectivity index (χ2n) is 14.4. The summed E-state index contributed by atoms with van der Waals surface area (Å²) >= 11 is 0. The molecule has 0 aromatic heterocycles. The maximum atomic E-state index is 13.0. The van der Waals surface area contributed by atoms with Crippen LogP contribution in [0.15, 0.2) is 24.3 Å². The molecule has 1 atom stereocenters. The number of ether oxygens (including phenoxy) is 1. The van der Waals surface area contributed by atoms with E-state index in [4.69, 9.17) is 4.74 Å². The van der Waals surface area contributed by atoms with Crippen LogP contribution in [0, 0.1) is 0 Å². The lowest BCUT2D eigenvalue weighted by molar-refractivity contribution is -0.557. The van der Waals surface area contributed by atoms with Gasteiger partial charge in [-0.3, -0.25) is 14.9 Å². The van der Waals surface area contributed by atoms with Gasteiger partial charge in [-0.05, 0) is 64.2 Å². The zero-order valence-electron chi connectivity index (χ0n) is 32.7. The highest BCUT2D eigenvalue weighted by atomic mass is 35.5. The predicted molar refractivity (Wildman–Crippen MR) is 208 cm³/mol. The Hall–Kier alpha value is -1.66. The number of hydrogen-bond acceptors (Lipinski definition) is 5. The number of allylic oxidation sites excluding steroid dienone is 4. The van der Waals surface area contributed by atoms with Crippen molar-refractivity contribution in [2.75, 3.05) is 26.3 Å². The molecule has 0 aromatic rings. The number of carbonyl (C=O) groups is 2. The summed E-state index contributed by atoms with van der Waals surface area (Å²) in [5.41, 5.74) is 0. The SMILES string of the molecule is CCCCCCCC/C=C\CCCCCCCC(=O)OCCC1CNC(C(=O)CCCCCCC/C=C\CCCCCCCC)=[N+]1CCO.[Cl-]. The van der Waals surface area contributed by atoms with E-state index in [0.29, 0.717) is 44.8 Å². The predicted octanol–water partition coefficient (Wildman–Crippen LogP) is 7.94. The van der Waals surface area contributed by atoms with Gasteiger partial charge in [0.15, 0.2) is 0 Å². The van der Waals surface area contributed by atoms with Crippen molar-refractivity contribution < 1.29 is 36.4 Å². The molecular formula is C43H79ClN2O4. The standard InChI is InChI=1S/C43H78N2O4.ClH/c1-3-5-7-9-11-13-15-17-19-21-23-25-27-29-31-33-41(47)43-44-39-40(45(43)36-37-46)35-38-49-42(48)34-32-30-28-26-24-22-20-18-16-14-12-10-8-6-4-2;/h17-20,40,46H,3-16,21-39H2,1-2H3;1H/b19-17-,20-18-;. The molecule has 0 radical (unpaired) electrons. The smallest absolute Gasteiger partial charge is 0.314 e. The number of unbranched alkanes of at least 4 members (excludes halogenated alkanes) is 22. The average Bonchev–Trinajstić information content (AvgIpc) is 3.50. The molecule has 1 aliphatic rings. The zero-order valence-corrected chi connectivity index (χ0v) is 33.5. The highest BCUT2D eigenvalue weighted by Gasteiger charge is 2.35. The van der Waals surface area contributed by atoms with Crippen molar-refractivity contribution in [2.24, 2.45) is 0 Å². The number of hydrogen-bond donors (Lipinski definition) is 2. The van der Waals surface area contributed by atoms with Gasteiger partial charge < -0.3 is 22.3 Å². The number of rotatable bonds is 36. The quantitative estimate of drug-likeness (QED) is 0.0297. The number of nitrogens with zero attached hydrogens (tertiary/aromatic N) is 1. The number of ketones is 1. The third-order valence-electron chi connectivity index (χ3n) is 9.86. The molecule has 50 heavy (non-hydrogen) atoms. The van der Waals surface area contributed by atoms with Gasteiger partial charge in [0.1, 0.15) is 19.1 Å². The average molecular weight is 724 g/mol. The Morgan fingerprint density at radius 1 is 0.660 bits per heavy atom. The van der Waals surface area contributed by atoms with Gasteiger partial charge in [-0.1, -0.05) is 141 Å². The van der Waals surface area contributed by atoms with E-state index in [9.17, 15) is 14.7 Å². The van der Waals surface area contributed by atoms with Crippen molar-refractivity contribution in [3.05, 3.63) is 24.3 Å². The van der Waals surface area contributed by atoms with Crippen LogP contribution in [-0.2, 0) is 14.3 Å². The fraction of sp³-hybridized carbons (Fsp3) is 0.837. The number of Topliss-reactive ketones (excluding diaryl/α,β-unsaturated/α-hetero) is 1. The van der Waals surface area contributed by atoms with E-state index in [0.717, 1.165) is 25.7 Å². The maximum absolute atomic E-state index is 13.0. The van der Waals surface area contributed by atoms with Crippen molar-refractivity contribution in [3.63, 3.8) is 0 Å². The lowest BCUT2D eigenvalue weighted by atomic mass is 10.1. The Bertz CT molecular complexity index is 888. The number of nitrogens with one attached hydrogen (secondary N) is 1. The summed E-state index contributed by atoms with van der Waals surface area (Å²) in [5, 5.41) is 12.9. The summed E-state index contributed by atoms with van der Waals surface area (Å²) < 4.78 is 7.54. The highest BCUT2D eigenvalue weighted by molar-refractivity contribution is 6.37. The summed E-state index contributed by atoms with van der Waals surface area (Å²) in [6.07, 6.45) is 43.4. The molecule has 1 heterocycles. The van der Waals surface area contributed by atoms with E-state index in [-0.39, 0.29) is 36.8 Å². The van der Waals surface area contributed by atoms with E-state index < -0.39 is 0 Å². The fourth-order valence-corrected chi connectivity index (χ4v) is 6.72. The minimum absolute atomic E-state index is 0. The lowest BCUT2D eigenvalue weighted by Gasteiger charge is -2.12. The van der Waals surface area contributed by atoms with Crippen molar-refractivity contribution in [3.8, 4) is 0 Å². The normalized spacial score (nSPS) is 14.5. The van der Waals surface area contributed by atoms with E-state index in [1.165, 1.54) is 141 Å². The molecule has 0 saturated heterocycles. The van der Waals surface area contributed by atoms with Crippen LogP contribution in [0.25, 0.3) is 0 Å². The summed E-state index contributed by atoms with van der Waals surface area (Å²) in [6, 6.07) is 0.0628. The lowest BCUT2D eigenvalue weighted by Crippen LogP contribution is -3.00. The van der Waals surface area contributed by atoms with Crippen molar-refractivity contribution in [1.82, 2.24) is 5.32 Å². The number of carbonyl (C=O) groups excluding carboxylic acids is 2. The molecule has 1 rings (SSSR count). The molecule has 0 fully saturated rings. The van der Waals surface area contributed by atoms with Crippen molar-refractivity contribution >= 4 is 17.6 Å². The zero-order chi connectivity index (χ0) is 35.5. The number of esters is 1. The van der Waals surface area contributed by atoms with Gasteiger partial charge >= 0.3 is 11.8 Å². The summed E-state index contributed by atoms with van der Waals surface area (Å²) in [5.74, 6) is 0.644. The third kappa shape index (κ3) is 28.0. The Labute approximate surface area is 315 Å². The first-order valence-electron chi connectivity index (χ1n) is 21.1. The Kier molecular flexibility index (Phi) is 35.9. The molecule has 0 aliphatic carbocycles. The van der Waals surface area contributed by atoms with Crippen molar-refractivity contribution in [2.45, 2.75) is 206 Å². The number of aliphatic hydroxyl groups excluding tert-OH is 1. The second-order valence-corrected chi connectivity index (χ2v) is 14.4. The van der Waals surface area contributed by atoms with Gasteiger partial charge in [0, 0.05) is 19.3 Å². The van der Waals surface area contributed by atoms with Crippen LogP contribution in [0.3, 0.4) is 0 Å². The second kappa shape index (κ2) is 37.1. The minimum Gasteiger partial charge on any atom is -1.00 e. The van der Waals surface area contributed by atoms with Crippen LogP contribution in [-0.4, -0.2) is 59.6 Å². The summed E-state index contributed by atoms with van der Waals surface area (Å²) in [4.78, 5) is 25.3. The molecule has 1 unspecified atom stereocenters. The number of halogens is 1. The largest absolute Gasteiger partial charge is 1.00 e. The van der Waals surface area contributed by atoms with Crippen molar-refractivity contribution in [1.29, 1.82) is 0 Å². The monoisotopic (exact) mass is 723 g/mol. The fourth-order valence-electron chi connectivity index (χ4n) is 6.72. The van der Waals surface area contributed by atoms with Gasteiger partial charge in [-0.25, -0.2) is 4.58 Å². The Morgan fingerprint density at radius 2 is 1.08 bits per heavy atom. The maximum Gasteiger partial charge on any atom is 0.314 e. The van der Waals surface area contributed by atoms with Gasteiger partial charge in [-0.15, -0.1) is 0 Å². The van der Waals surface area contributed by atoms with E-state index in [1.807, 2.05) is 4.58 Å². The third-order valence-corrected chi connectivity index (χ3v) is 9.86. The van der Waals surface area contributed by atoms with Gasteiger partial charge in [0.2, 0.25) is 5.78 Å². The van der Waals surface area contributed by atoms with Gasteiger partial charge in [0.05, 0.1) is 13.2 Å². The first-order chi connectivity index (χ1) is 24.1. The van der Waals surface area contributed by atoms with Crippen LogP contribution < -0.4 is 17.7 Å². The molecule has 0 amide bonds. The number of aliphatic hydroxyl groups is 1. The molecule has 6 nitrogen and oxygen atoms in total. The molecule has 292 valence electrons. The first-order valence-corrected chi connectivity index (χ1v) is 21.1. The molecule has 0 saturated carbocycles. The molecule has 7 heteroatoms. The van der Waals surface area contributed by atoms with Crippen LogP contribution in [0.1, 0.15) is 200 Å². The van der Waals surface area contributed by atoms with E-state index in [2.05, 4.69) is 43.5 Å². The number of β-amino-alcohol motifs (C(OH)–C–C–N with tert-alkyl or cyclic N) is 1. The summed E-state index contributed by atoms with van der Waals surface area (Å²) in [6.45, 7) is 5.96. The Morgan fingerprint density at radius 3 is 1.54 bits per heavy atom. The molecule has 0 aromatic carbocycles. The molecule has 0 spiro atoms. The molecular weight excluding hydrogens is 644 g/mol. The van der Waals surface area contributed by atoms with E-state index >= 15 is 0 Å². The number of amidine groups is 1. The highest BCUT2D eigenvalue weighted by Crippen LogP contribution is 2.13. The Balaban J connectivity index is 0.0000240. The van der Waals surface area contributed by atoms with E-state index in [1.54, 1.807) is 0 Å². The summed E-state index contributed by atoms with van der Waals surface area (Å²) in [7, 11) is 0. The molecule has 1 aliphatic heterocycles. The van der Waals surface area contributed by atoms with Gasteiger partial charge in [0.25, 0.3) is 0 Å². The minimum atomic E-state index is -0.123. The first kappa shape index (κ1) is 48.3. The van der Waals surface area contributed by atoms with Crippen LogP contribution >= 0.6 is 0 Å². The van der Waals surface area contributed by atoms with Crippen LogP contribution in [0.4, 0.5) is 0 Å². The van der Waals surface area contributed by atoms with Gasteiger partial charge in [-0.2, -0.15) is 0 Å².